The van der Waals surface area contributed by atoms with E-state index >= 15 is 0 Å². The van der Waals surface area contributed by atoms with E-state index in [4.69, 9.17) is 4.74 Å². The zero-order valence-corrected chi connectivity index (χ0v) is 12.5. The van der Waals surface area contributed by atoms with Gasteiger partial charge in [0.1, 0.15) is 5.75 Å². The fourth-order valence-corrected chi connectivity index (χ4v) is 2.21. The lowest BCUT2D eigenvalue weighted by molar-refractivity contribution is 0.0990. The van der Waals surface area contributed by atoms with E-state index in [1.165, 1.54) is 0 Å². The third-order valence-electron chi connectivity index (χ3n) is 2.84. The number of ether oxygens (including phenoxy) is 1. The molecule has 0 bridgehead atoms. The lowest BCUT2D eigenvalue weighted by atomic mass is 10.0. The van der Waals surface area contributed by atoms with Crippen LogP contribution in [0.3, 0.4) is 0 Å². The molecule has 0 aliphatic rings. The molecular weight excluding hydrogens is 308 g/mol. The van der Waals surface area contributed by atoms with Crippen LogP contribution in [0.5, 0.6) is 5.75 Å². The van der Waals surface area contributed by atoms with Gasteiger partial charge in [-0.2, -0.15) is 5.10 Å². The average Bonchev–Trinajstić information content (AvgIpc) is 2.86. The fourth-order valence-electron chi connectivity index (χ4n) is 1.85. The Morgan fingerprint density at radius 2 is 2.26 bits per heavy atom. The number of nitrogens with zero attached hydrogens (tertiary/aromatic N) is 2. The topological polar surface area (TPSA) is 44.1 Å². The summed E-state index contributed by atoms with van der Waals surface area (Å²) in [6, 6.07) is 5.42. The second-order valence-electron chi connectivity index (χ2n) is 4.15. The number of rotatable bonds is 5. The number of carbonyl (C=O) groups is 1. The van der Waals surface area contributed by atoms with Gasteiger partial charge < -0.3 is 4.74 Å². The van der Waals surface area contributed by atoms with E-state index in [1.54, 1.807) is 30.1 Å². The van der Waals surface area contributed by atoms with Gasteiger partial charge in [0.25, 0.3) is 0 Å². The molecule has 0 atom stereocenters. The van der Waals surface area contributed by atoms with Crippen molar-refractivity contribution in [3.05, 3.63) is 46.2 Å². The molecular formula is C14H15BrN2O2. The van der Waals surface area contributed by atoms with Gasteiger partial charge in [-0.05, 0) is 30.7 Å². The summed E-state index contributed by atoms with van der Waals surface area (Å²) in [5, 5.41) is 4.17. The Kier molecular flexibility index (Phi) is 4.37. The SMILES string of the molecule is CCn1cc(CC(=O)c2cc(Br)ccc2OC)cn1. The predicted molar refractivity (Wildman–Crippen MR) is 76.6 cm³/mol. The quantitative estimate of drug-likeness (QED) is 0.794. The van der Waals surface area contributed by atoms with Crippen molar-refractivity contribution in [1.82, 2.24) is 9.78 Å². The average molecular weight is 323 g/mol. The van der Waals surface area contributed by atoms with Crippen molar-refractivity contribution in [3.63, 3.8) is 0 Å². The summed E-state index contributed by atoms with van der Waals surface area (Å²) in [5.74, 6) is 0.616. The van der Waals surface area contributed by atoms with E-state index in [9.17, 15) is 4.79 Å². The smallest absolute Gasteiger partial charge is 0.171 e. The first-order chi connectivity index (χ1) is 9.13. The maximum atomic E-state index is 12.3. The van der Waals surface area contributed by atoms with Crippen LogP contribution in [0.2, 0.25) is 0 Å². The van der Waals surface area contributed by atoms with Gasteiger partial charge in [0.2, 0.25) is 0 Å². The first-order valence-electron chi connectivity index (χ1n) is 6.02. The van der Waals surface area contributed by atoms with Gasteiger partial charge >= 0.3 is 0 Å². The predicted octanol–water partition coefficient (Wildman–Crippen LogP) is 3.10. The van der Waals surface area contributed by atoms with Crippen LogP contribution in [-0.4, -0.2) is 22.7 Å². The second kappa shape index (κ2) is 6.02. The minimum atomic E-state index is 0.0220. The Hall–Kier alpha value is -1.62. The number of benzene rings is 1. The molecule has 1 aromatic heterocycles. The van der Waals surface area contributed by atoms with Crippen LogP contribution in [-0.2, 0) is 13.0 Å². The van der Waals surface area contributed by atoms with Crippen LogP contribution in [0.25, 0.3) is 0 Å². The zero-order valence-electron chi connectivity index (χ0n) is 10.9. The molecule has 0 saturated carbocycles. The number of ketones is 1. The molecule has 0 aliphatic heterocycles. The summed E-state index contributed by atoms with van der Waals surface area (Å²) in [5.41, 5.74) is 1.50. The number of halogens is 1. The van der Waals surface area contributed by atoms with Gasteiger partial charge in [-0.3, -0.25) is 9.48 Å². The van der Waals surface area contributed by atoms with Crippen molar-refractivity contribution in [2.24, 2.45) is 0 Å². The summed E-state index contributed by atoms with van der Waals surface area (Å²) >= 11 is 3.37. The van der Waals surface area contributed by atoms with Crippen LogP contribution in [0.1, 0.15) is 22.8 Å². The van der Waals surface area contributed by atoms with Crippen molar-refractivity contribution in [2.45, 2.75) is 19.9 Å². The van der Waals surface area contributed by atoms with Crippen molar-refractivity contribution >= 4 is 21.7 Å². The monoisotopic (exact) mass is 322 g/mol. The highest BCUT2D eigenvalue weighted by molar-refractivity contribution is 9.10. The summed E-state index contributed by atoms with van der Waals surface area (Å²) in [6.07, 6.45) is 3.95. The number of hydrogen-bond donors (Lipinski definition) is 0. The summed E-state index contributed by atoms with van der Waals surface area (Å²) < 4.78 is 7.89. The van der Waals surface area contributed by atoms with Crippen molar-refractivity contribution < 1.29 is 9.53 Å². The third kappa shape index (κ3) is 3.23. The molecule has 0 N–H and O–H groups in total. The van der Waals surface area contributed by atoms with Crippen molar-refractivity contribution in [1.29, 1.82) is 0 Å². The lowest BCUT2D eigenvalue weighted by Gasteiger charge is -2.07. The Bertz CT molecular complexity index is 593. The molecule has 1 aromatic carbocycles. The Labute approximate surface area is 120 Å². The minimum Gasteiger partial charge on any atom is -0.496 e. The maximum Gasteiger partial charge on any atom is 0.171 e. The molecule has 0 spiro atoms. The minimum absolute atomic E-state index is 0.0220. The number of hydrogen-bond acceptors (Lipinski definition) is 3. The highest BCUT2D eigenvalue weighted by atomic mass is 79.9. The van der Waals surface area contributed by atoms with E-state index < -0.39 is 0 Å². The molecule has 4 nitrogen and oxygen atoms in total. The summed E-state index contributed by atoms with van der Waals surface area (Å²) in [7, 11) is 1.56. The van der Waals surface area contributed by atoms with Crippen molar-refractivity contribution in [2.75, 3.05) is 7.11 Å². The van der Waals surface area contributed by atoms with Crippen LogP contribution >= 0.6 is 15.9 Å². The first kappa shape index (κ1) is 13.8. The Morgan fingerprint density at radius 3 is 2.89 bits per heavy atom. The lowest BCUT2D eigenvalue weighted by Crippen LogP contribution is -2.05. The van der Waals surface area contributed by atoms with Gasteiger partial charge in [0.05, 0.1) is 18.9 Å². The Balaban J connectivity index is 2.21. The molecule has 1 heterocycles. The van der Waals surface area contributed by atoms with Gasteiger partial charge in [-0.25, -0.2) is 0 Å². The van der Waals surface area contributed by atoms with E-state index in [0.29, 0.717) is 17.7 Å². The molecule has 0 amide bonds. The number of aryl methyl sites for hydroxylation is 1. The van der Waals surface area contributed by atoms with Gasteiger partial charge in [-0.1, -0.05) is 15.9 Å². The summed E-state index contributed by atoms with van der Waals surface area (Å²) in [4.78, 5) is 12.3. The highest BCUT2D eigenvalue weighted by Crippen LogP contribution is 2.24. The fraction of sp³-hybridized carbons (Fsp3) is 0.286. The van der Waals surface area contributed by atoms with Crippen LogP contribution in [0, 0.1) is 0 Å². The van der Waals surface area contributed by atoms with Gasteiger partial charge in [0, 0.05) is 23.6 Å². The first-order valence-corrected chi connectivity index (χ1v) is 6.81. The number of aromatic nitrogens is 2. The van der Waals surface area contributed by atoms with Crippen LogP contribution in [0.4, 0.5) is 0 Å². The second-order valence-corrected chi connectivity index (χ2v) is 5.06. The van der Waals surface area contributed by atoms with E-state index in [-0.39, 0.29) is 5.78 Å². The molecule has 0 aliphatic carbocycles. The van der Waals surface area contributed by atoms with Crippen LogP contribution < -0.4 is 4.74 Å². The standard InChI is InChI=1S/C14H15BrN2O2/c1-3-17-9-10(8-16-17)6-13(18)12-7-11(15)4-5-14(12)19-2/h4-5,7-9H,3,6H2,1-2H3. The molecule has 0 radical (unpaired) electrons. The van der Waals surface area contributed by atoms with E-state index in [1.807, 2.05) is 19.2 Å². The largest absolute Gasteiger partial charge is 0.496 e. The molecule has 0 saturated heterocycles. The third-order valence-corrected chi connectivity index (χ3v) is 3.33. The number of methoxy groups -OCH3 is 1. The molecule has 2 rings (SSSR count). The number of Topliss-reactive ketones (excluding diaryl/α,β-unsaturated/α-hetero) is 1. The van der Waals surface area contributed by atoms with E-state index in [0.717, 1.165) is 16.6 Å². The van der Waals surface area contributed by atoms with Gasteiger partial charge in [0.15, 0.2) is 5.78 Å². The normalized spacial score (nSPS) is 10.5. The Morgan fingerprint density at radius 1 is 1.47 bits per heavy atom. The molecule has 0 fully saturated rings. The molecule has 5 heteroatoms. The molecule has 2 aromatic rings. The molecule has 100 valence electrons. The maximum absolute atomic E-state index is 12.3. The summed E-state index contributed by atoms with van der Waals surface area (Å²) in [6.45, 7) is 2.81. The van der Waals surface area contributed by atoms with Crippen molar-refractivity contribution in [3.8, 4) is 5.75 Å². The highest BCUT2D eigenvalue weighted by Gasteiger charge is 2.14. The zero-order chi connectivity index (χ0) is 13.8. The molecule has 19 heavy (non-hydrogen) atoms. The molecule has 0 unspecified atom stereocenters. The van der Waals surface area contributed by atoms with Crippen LogP contribution in [0.15, 0.2) is 35.1 Å². The van der Waals surface area contributed by atoms with E-state index in [2.05, 4.69) is 21.0 Å². The van der Waals surface area contributed by atoms with Gasteiger partial charge in [-0.15, -0.1) is 0 Å². The number of carbonyl (C=O) groups excluding carboxylic acids is 1.